The van der Waals surface area contributed by atoms with Crippen LogP contribution in [0.25, 0.3) is 33.1 Å². The molecule has 0 spiro atoms. The quantitative estimate of drug-likeness (QED) is 0.210. The zero-order chi connectivity index (χ0) is 29.3. The SMILES string of the molecule is CCc1c(OC)c(OC)cc2nc(C[S+]([O-])c3nc4ccccc4[nH]3)c(C(=O)O)c(-c3ccc(OC)c(OC)c3)c12. The minimum atomic E-state index is -1.73. The summed E-state index contributed by atoms with van der Waals surface area (Å²) in [4.78, 5) is 25.3. The Labute approximate surface area is 239 Å². The summed E-state index contributed by atoms with van der Waals surface area (Å²) in [6, 6.07) is 14.2. The maximum Gasteiger partial charge on any atom is 0.338 e. The number of nitrogens with zero attached hydrogens (tertiary/aromatic N) is 2. The molecule has 2 heterocycles. The number of imidazole rings is 1. The number of carbonyl (C=O) groups is 1. The number of benzene rings is 3. The highest BCUT2D eigenvalue weighted by molar-refractivity contribution is 7.90. The van der Waals surface area contributed by atoms with Crippen LogP contribution in [0.15, 0.2) is 53.7 Å². The Hall–Kier alpha value is -4.48. The van der Waals surface area contributed by atoms with E-state index in [9.17, 15) is 14.5 Å². The molecule has 0 amide bonds. The first-order chi connectivity index (χ1) is 19.8. The number of aromatic carboxylic acids is 1. The van der Waals surface area contributed by atoms with Crippen molar-refractivity contribution < 1.29 is 33.4 Å². The Balaban J connectivity index is 1.82. The van der Waals surface area contributed by atoms with Gasteiger partial charge in [0.25, 0.3) is 0 Å². The molecule has 0 aliphatic heterocycles. The van der Waals surface area contributed by atoms with Crippen molar-refractivity contribution >= 4 is 39.1 Å². The van der Waals surface area contributed by atoms with Crippen molar-refractivity contribution in [2.75, 3.05) is 28.4 Å². The van der Waals surface area contributed by atoms with E-state index >= 15 is 0 Å². The van der Waals surface area contributed by atoms with Crippen molar-refractivity contribution in [2.24, 2.45) is 0 Å². The Morgan fingerprint density at radius 1 is 0.927 bits per heavy atom. The lowest BCUT2D eigenvalue weighted by Gasteiger charge is -2.21. The van der Waals surface area contributed by atoms with E-state index in [0.29, 0.717) is 57.0 Å². The normalized spacial score (nSPS) is 12.0. The van der Waals surface area contributed by atoms with Crippen LogP contribution >= 0.6 is 0 Å². The molecule has 5 rings (SSSR count). The predicted octanol–water partition coefficient (Wildman–Crippen LogP) is 5.38. The number of carboxylic acids is 1. The van der Waals surface area contributed by atoms with Gasteiger partial charge in [-0.3, -0.25) is 4.98 Å². The highest BCUT2D eigenvalue weighted by Crippen LogP contribution is 2.45. The van der Waals surface area contributed by atoms with Crippen LogP contribution in [0, 0.1) is 0 Å². The summed E-state index contributed by atoms with van der Waals surface area (Å²) in [6.45, 7) is 1.94. The van der Waals surface area contributed by atoms with Crippen LogP contribution < -0.4 is 18.9 Å². The summed E-state index contributed by atoms with van der Waals surface area (Å²) in [7, 11) is 6.11. The fourth-order valence-corrected chi connectivity index (χ4v) is 6.09. The maximum absolute atomic E-state index is 13.6. The molecule has 1 atom stereocenters. The summed E-state index contributed by atoms with van der Waals surface area (Å²) in [5.74, 6) is 0.464. The van der Waals surface area contributed by atoms with Crippen molar-refractivity contribution in [2.45, 2.75) is 24.3 Å². The lowest BCUT2D eigenvalue weighted by atomic mass is 9.90. The molecule has 11 heteroatoms. The number of pyridine rings is 1. The van der Waals surface area contributed by atoms with Gasteiger partial charge in [-0.25, -0.2) is 9.78 Å². The highest BCUT2D eigenvalue weighted by atomic mass is 32.2. The van der Waals surface area contributed by atoms with Gasteiger partial charge in [0.1, 0.15) is 5.69 Å². The Kier molecular flexibility index (Phi) is 7.91. The van der Waals surface area contributed by atoms with E-state index in [1.54, 1.807) is 24.3 Å². The fraction of sp³-hybridized carbons (Fsp3) is 0.233. The number of fused-ring (bicyclic) bond motifs is 2. The third kappa shape index (κ3) is 4.98. The molecule has 2 aromatic heterocycles. The van der Waals surface area contributed by atoms with Crippen LogP contribution in [-0.2, 0) is 23.3 Å². The fourth-order valence-electron chi connectivity index (χ4n) is 5.07. The van der Waals surface area contributed by atoms with E-state index in [-0.39, 0.29) is 22.2 Å². The van der Waals surface area contributed by atoms with Crippen molar-refractivity contribution in [1.82, 2.24) is 15.0 Å². The van der Waals surface area contributed by atoms with Gasteiger partial charge >= 0.3 is 11.1 Å². The molecule has 0 saturated heterocycles. The number of rotatable bonds is 10. The number of aromatic amines is 1. The van der Waals surface area contributed by atoms with Crippen LogP contribution in [0.3, 0.4) is 0 Å². The van der Waals surface area contributed by atoms with Gasteiger partial charge in [0.2, 0.25) is 0 Å². The average molecular weight is 576 g/mol. The number of H-pyrrole nitrogens is 1. The predicted molar refractivity (Wildman–Crippen MR) is 156 cm³/mol. The van der Waals surface area contributed by atoms with E-state index in [1.807, 2.05) is 31.2 Å². The third-order valence-electron chi connectivity index (χ3n) is 6.88. The zero-order valence-corrected chi connectivity index (χ0v) is 24.0. The van der Waals surface area contributed by atoms with Gasteiger partial charge < -0.3 is 28.6 Å². The average Bonchev–Trinajstić information content (AvgIpc) is 3.43. The van der Waals surface area contributed by atoms with Crippen molar-refractivity contribution in [3.8, 4) is 34.1 Å². The molecule has 10 nitrogen and oxygen atoms in total. The molecular weight excluding hydrogens is 546 g/mol. The van der Waals surface area contributed by atoms with Crippen molar-refractivity contribution in [3.63, 3.8) is 0 Å². The number of ether oxygens (including phenoxy) is 4. The zero-order valence-electron chi connectivity index (χ0n) is 23.2. The number of carboxylic acid groups (broad SMARTS) is 1. The molecular formula is C30H29N3O7S. The van der Waals surface area contributed by atoms with Crippen LogP contribution in [0.5, 0.6) is 23.0 Å². The molecule has 3 aromatic carbocycles. The minimum absolute atomic E-state index is 0.0731. The molecule has 0 saturated carbocycles. The van der Waals surface area contributed by atoms with Crippen molar-refractivity contribution in [1.29, 1.82) is 0 Å². The lowest BCUT2D eigenvalue weighted by Crippen LogP contribution is -2.15. The summed E-state index contributed by atoms with van der Waals surface area (Å²) in [5, 5.41) is 11.4. The Morgan fingerprint density at radius 2 is 1.66 bits per heavy atom. The molecule has 5 aromatic rings. The van der Waals surface area contributed by atoms with E-state index < -0.39 is 17.1 Å². The van der Waals surface area contributed by atoms with Gasteiger partial charge in [-0.15, -0.1) is 0 Å². The van der Waals surface area contributed by atoms with Gasteiger partial charge in [0.05, 0.1) is 50.6 Å². The standard InChI is InChI=1S/C30H29N3O7S/c1-6-17-26-20(14-24(39-4)28(17)40-5)31-21(15-41(36)30-32-18-9-7-8-10-19(18)33-30)27(29(34)35)25(26)16-11-12-22(37-2)23(13-16)38-3/h7-14H,6,15H2,1-5H3,(H,32,33)(H,34,35). The molecule has 0 radical (unpaired) electrons. The number of aryl methyl sites for hydroxylation is 1. The Bertz CT molecular complexity index is 1740. The number of para-hydroxylation sites is 2. The molecule has 0 aliphatic carbocycles. The second kappa shape index (κ2) is 11.6. The van der Waals surface area contributed by atoms with E-state index in [0.717, 1.165) is 11.1 Å². The minimum Gasteiger partial charge on any atom is -0.609 e. The number of methoxy groups -OCH3 is 4. The maximum atomic E-state index is 13.6. The molecule has 212 valence electrons. The molecule has 0 fully saturated rings. The smallest absolute Gasteiger partial charge is 0.338 e. The van der Waals surface area contributed by atoms with Crippen LogP contribution in [0.1, 0.15) is 28.5 Å². The van der Waals surface area contributed by atoms with Crippen LogP contribution in [0.2, 0.25) is 0 Å². The van der Waals surface area contributed by atoms with Gasteiger partial charge in [-0.05, 0) is 36.2 Å². The first kappa shape index (κ1) is 28.1. The summed E-state index contributed by atoms with van der Waals surface area (Å²) < 4.78 is 35.8. The van der Waals surface area contributed by atoms with Gasteiger partial charge in [0, 0.05) is 33.8 Å². The van der Waals surface area contributed by atoms with Crippen molar-refractivity contribution in [3.05, 3.63) is 65.4 Å². The van der Waals surface area contributed by atoms with Gasteiger partial charge in [-0.1, -0.05) is 25.1 Å². The number of hydrogen-bond acceptors (Lipinski definition) is 8. The second-order valence-electron chi connectivity index (χ2n) is 9.07. The summed E-state index contributed by atoms with van der Waals surface area (Å²) in [5.41, 5.74) is 3.63. The van der Waals surface area contributed by atoms with Crippen LogP contribution in [0.4, 0.5) is 0 Å². The first-order valence-electron chi connectivity index (χ1n) is 12.7. The lowest BCUT2D eigenvalue weighted by molar-refractivity contribution is 0.0696. The summed E-state index contributed by atoms with van der Waals surface area (Å²) in [6.07, 6.45) is 0.502. The molecule has 0 aliphatic rings. The van der Waals surface area contributed by atoms with E-state index in [4.69, 9.17) is 23.9 Å². The number of nitrogens with one attached hydrogen (secondary N) is 1. The largest absolute Gasteiger partial charge is 0.609 e. The van der Waals surface area contributed by atoms with E-state index in [2.05, 4.69) is 9.97 Å². The number of aromatic nitrogens is 3. The van der Waals surface area contributed by atoms with Gasteiger partial charge in [0.15, 0.2) is 28.8 Å². The third-order valence-corrected chi connectivity index (χ3v) is 8.04. The van der Waals surface area contributed by atoms with Gasteiger partial charge in [-0.2, -0.15) is 4.98 Å². The molecule has 41 heavy (non-hydrogen) atoms. The monoisotopic (exact) mass is 575 g/mol. The number of hydrogen-bond donors (Lipinski definition) is 2. The summed E-state index contributed by atoms with van der Waals surface area (Å²) >= 11 is -1.73. The molecule has 2 N–H and O–H groups in total. The molecule has 0 bridgehead atoms. The first-order valence-corrected chi connectivity index (χ1v) is 14.1. The second-order valence-corrected chi connectivity index (χ2v) is 10.4. The topological polar surface area (TPSA) is 139 Å². The Morgan fingerprint density at radius 3 is 2.29 bits per heavy atom. The van der Waals surface area contributed by atoms with Crippen LogP contribution in [-0.4, -0.2) is 59.0 Å². The van der Waals surface area contributed by atoms with E-state index in [1.165, 1.54) is 28.4 Å². The molecule has 1 unspecified atom stereocenters. The highest BCUT2D eigenvalue weighted by Gasteiger charge is 2.30.